The number of piperazine rings is 1. The van der Waals surface area contributed by atoms with E-state index in [1.807, 2.05) is 42.5 Å². The average molecular weight is 566 g/mol. The third kappa shape index (κ3) is 8.80. The lowest BCUT2D eigenvalue weighted by molar-refractivity contribution is 0.134. The lowest BCUT2D eigenvalue weighted by atomic mass is 9.98. The second-order valence-electron chi connectivity index (χ2n) is 10.5. The number of rotatable bonds is 12. The summed E-state index contributed by atoms with van der Waals surface area (Å²) in [6, 6.07) is 27.7. The molecule has 1 aliphatic heterocycles. The van der Waals surface area contributed by atoms with Crippen LogP contribution < -0.4 is 20.1 Å². The van der Waals surface area contributed by atoms with Crippen molar-refractivity contribution in [2.24, 2.45) is 0 Å². The van der Waals surface area contributed by atoms with Crippen molar-refractivity contribution in [3.8, 4) is 22.6 Å². The molecule has 4 aromatic rings. The number of pyridine rings is 1. The van der Waals surface area contributed by atoms with Gasteiger partial charge in [-0.05, 0) is 71.8 Å². The largest absolute Gasteiger partial charge is 0.493 e. The van der Waals surface area contributed by atoms with Crippen LogP contribution in [0.1, 0.15) is 11.1 Å². The van der Waals surface area contributed by atoms with Gasteiger partial charge in [-0.2, -0.15) is 0 Å². The molecule has 0 atom stereocenters. The highest BCUT2D eigenvalue weighted by atomic mass is 16.5. The summed E-state index contributed by atoms with van der Waals surface area (Å²) in [6.45, 7) is 7.01. The van der Waals surface area contributed by atoms with Crippen LogP contribution in [0.3, 0.4) is 0 Å². The van der Waals surface area contributed by atoms with E-state index in [2.05, 4.69) is 74.9 Å². The van der Waals surface area contributed by atoms with E-state index in [-0.39, 0.29) is 6.03 Å². The molecule has 8 heteroatoms. The first kappa shape index (κ1) is 29.1. The number of aromatic nitrogens is 1. The zero-order chi connectivity index (χ0) is 29.0. The van der Waals surface area contributed by atoms with E-state index >= 15 is 0 Å². The van der Waals surface area contributed by atoms with Gasteiger partial charge in [-0.25, -0.2) is 4.79 Å². The average Bonchev–Trinajstić information content (AvgIpc) is 3.03. The number of amides is 2. The zero-order valence-electron chi connectivity index (χ0n) is 24.2. The lowest BCUT2D eigenvalue weighted by Crippen LogP contribution is -2.45. The summed E-state index contributed by atoms with van der Waals surface area (Å²) in [5, 5.41) is 5.67. The summed E-state index contributed by atoms with van der Waals surface area (Å²) in [6.07, 6.45) is 4.20. The second kappa shape index (κ2) is 15.0. The van der Waals surface area contributed by atoms with Gasteiger partial charge in [0.05, 0.1) is 6.61 Å². The number of hydrogen-bond donors (Lipinski definition) is 2. The maximum Gasteiger partial charge on any atom is 0.319 e. The van der Waals surface area contributed by atoms with Crippen LogP contribution in [0.4, 0.5) is 10.5 Å². The van der Waals surface area contributed by atoms with Crippen LogP contribution in [0.15, 0.2) is 97.3 Å². The molecular weight excluding hydrogens is 526 g/mol. The first-order chi connectivity index (χ1) is 20.6. The highest BCUT2D eigenvalue weighted by Gasteiger charge is 2.13. The van der Waals surface area contributed by atoms with E-state index < -0.39 is 0 Å². The molecule has 0 unspecified atom stereocenters. The first-order valence-corrected chi connectivity index (χ1v) is 14.5. The Kier molecular flexibility index (Phi) is 10.4. The Morgan fingerprint density at radius 2 is 1.67 bits per heavy atom. The lowest BCUT2D eigenvalue weighted by Gasteiger charge is -2.32. The Hall–Kier alpha value is -4.40. The van der Waals surface area contributed by atoms with Crippen molar-refractivity contribution >= 4 is 11.7 Å². The molecule has 0 radical (unpaired) electrons. The molecule has 0 spiro atoms. The molecule has 0 bridgehead atoms. The Morgan fingerprint density at radius 1 is 0.857 bits per heavy atom. The normalized spacial score (nSPS) is 13.8. The molecule has 5 rings (SSSR count). The van der Waals surface area contributed by atoms with E-state index in [0.29, 0.717) is 25.4 Å². The molecule has 1 fully saturated rings. The molecule has 1 aromatic heterocycles. The van der Waals surface area contributed by atoms with E-state index in [9.17, 15) is 4.79 Å². The summed E-state index contributed by atoms with van der Waals surface area (Å²) in [7, 11) is 2.18. The molecule has 3 aromatic carbocycles. The van der Waals surface area contributed by atoms with Crippen molar-refractivity contribution in [1.82, 2.24) is 20.1 Å². The molecule has 1 saturated heterocycles. The van der Waals surface area contributed by atoms with Gasteiger partial charge >= 0.3 is 6.03 Å². The number of benzene rings is 3. The minimum Gasteiger partial charge on any atom is -0.493 e. The standard InChI is InChI=1S/C34H39N5O3/c1-38-17-19-39(20-18-38)21-23-42-32-9-4-8-29(24-32)33-10-3-2-7-28(33)15-22-41-31-13-11-30(12-14-31)37-34(40)36-26-27-6-5-16-35-25-27/h2-14,16,24-25H,15,17-23,26H2,1H3,(H2,36,37,40). The number of likely N-dealkylation sites (N-methyl/N-ethyl adjacent to an activating group) is 1. The number of nitrogens with one attached hydrogen (secondary N) is 2. The quantitative estimate of drug-likeness (QED) is 0.242. The van der Waals surface area contributed by atoms with E-state index in [1.54, 1.807) is 12.4 Å². The zero-order valence-corrected chi connectivity index (χ0v) is 24.2. The minimum absolute atomic E-state index is 0.270. The molecule has 1 aliphatic rings. The van der Waals surface area contributed by atoms with Crippen LogP contribution in [0.5, 0.6) is 11.5 Å². The summed E-state index contributed by atoms with van der Waals surface area (Å²) in [5.74, 6) is 1.65. The van der Waals surface area contributed by atoms with Gasteiger partial charge in [0.25, 0.3) is 0 Å². The highest BCUT2D eigenvalue weighted by Crippen LogP contribution is 2.28. The molecule has 8 nitrogen and oxygen atoms in total. The van der Waals surface area contributed by atoms with E-state index in [1.165, 1.54) is 11.1 Å². The first-order valence-electron chi connectivity index (χ1n) is 14.5. The predicted molar refractivity (Wildman–Crippen MR) is 167 cm³/mol. The topological polar surface area (TPSA) is 79.0 Å². The second-order valence-corrected chi connectivity index (χ2v) is 10.5. The molecule has 0 aliphatic carbocycles. The van der Waals surface area contributed by atoms with Gasteiger partial charge < -0.3 is 25.0 Å². The van der Waals surface area contributed by atoms with Crippen molar-refractivity contribution in [3.05, 3.63) is 108 Å². The molecule has 2 heterocycles. The van der Waals surface area contributed by atoms with Crippen LogP contribution >= 0.6 is 0 Å². The summed E-state index contributed by atoms with van der Waals surface area (Å²) < 4.78 is 12.2. The molecule has 218 valence electrons. The van der Waals surface area contributed by atoms with Gasteiger partial charge in [-0.1, -0.05) is 42.5 Å². The Morgan fingerprint density at radius 3 is 2.48 bits per heavy atom. The van der Waals surface area contributed by atoms with Crippen molar-refractivity contribution in [2.45, 2.75) is 13.0 Å². The minimum atomic E-state index is -0.270. The highest BCUT2D eigenvalue weighted by molar-refractivity contribution is 5.89. The maximum atomic E-state index is 12.2. The van der Waals surface area contributed by atoms with Crippen molar-refractivity contribution in [3.63, 3.8) is 0 Å². The molecule has 2 N–H and O–H groups in total. The number of carbonyl (C=O) groups is 1. The van der Waals surface area contributed by atoms with Crippen LogP contribution in [0.25, 0.3) is 11.1 Å². The van der Waals surface area contributed by atoms with Gasteiger partial charge in [0.2, 0.25) is 0 Å². The fourth-order valence-corrected chi connectivity index (χ4v) is 4.91. The van der Waals surface area contributed by atoms with Crippen molar-refractivity contribution in [2.75, 3.05) is 58.3 Å². The Balaban J connectivity index is 1.09. The monoisotopic (exact) mass is 565 g/mol. The van der Waals surface area contributed by atoms with Gasteiger partial charge in [0, 0.05) is 63.8 Å². The summed E-state index contributed by atoms with van der Waals surface area (Å²) >= 11 is 0. The van der Waals surface area contributed by atoms with Gasteiger partial charge in [-0.15, -0.1) is 0 Å². The third-order valence-electron chi connectivity index (χ3n) is 7.36. The van der Waals surface area contributed by atoms with Crippen molar-refractivity contribution < 1.29 is 14.3 Å². The van der Waals surface area contributed by atoms with E-state index in [4.69, 9.17) is 9.47 Å². The van der Waals surface area contributed by atoms with E-state index in [0.717, 1.165) is 61.8 Å². The fraction of sp³-hybridized carbons (Fsp3) is 0.294. The Bertz CT molecular complexity index is 1410. The van der Waals surface area contributed by atoms with Gasteiger partial charge in [-0.3, -0.25) is 9.88 Å². The Labute approximate surface area is 248 Å². The number of nitrogens with zero attached hydrogens (tertiary/aromatic N) is 3. The molecule has 0 saturated carbocycles. The smallest absolute Gasteiger partial charge is 0.319 e. The number of hydrogen-bond acceptors (Lipinski definition) is 6. The molecule has 42 heavy (non-hydrogen) atoms. The molecule has 2 amide bonds. The number of ether oxygens (including phenoxy) is 2. The maximum absolute atomic E-state index is 12.2. The summed E-state index contributed by atoms with van der Waals surface area (Å²) in [4.78, 5) is 21.1. The van der Waals surface area contributed by atoms with Gasteiger partial charge in [0.1, 0.15) is 18.1 Å². The predicted octanol–water partition coefficient (Wildman–Crippen LogP) is 5.32. The van der Waals surface area contributed by atoms with Crippen LogP contribution in [0.2, 0.25) is 0 Å². The van der Waals surface area contributed by atoms with Crippen LogP contribution in [-0.4, -0.2) is 73.8 Å². The van der Waals surface area contributed by atoms with Crippen LogP contribution in [-0.2, 0) is 13.0 Å². The molecular formula is C34H39N5O3. The number of urea groups is 1. The SMILES string of the molecule is CN1CCN(CCOc2cccc(-c3ccccc3CCOc3ccc(NC(=O)NCc4cccnc4)cc3)c2)CC1. The fourth-order valence-electron chi connectivity index (χ4n) is 4.91. The third-order valence-corrected chi connectivity index (χ3v) is 7.36. The van der Waals surface area contributed by atoms with Crippen LogP contribution in [0, 0.1) is 0 Å². The summed E-state index contributed by atoms with van der Waals surface area (Å²) in [5.41, 5.74) is 5.18. The van der Waals surface area contributed by atoms with Crippen molar-refractivity contribution in [1.29, 1.82) is 0 Å². The number of anilines is 1. The van der Waals surface area contributed by atoms with Gasteiger partial charge in [0.15, 0.2) is 0 Å². The number of carbonyl (C=O) groups excluding carboxylic acids is 1.